The van der Waals surface area contributed by atoms with E-state index in [0.717, 1.165) is 12.3 Å². The van der Waals surface area contributed by atoms with Crippen LogP contribution in [0.4, 0.5) is 11.4 Å². The molecule has 2 aromatic rings. The van der Waals surface area contributed by atoms with Gasteiger partial charge in [0.2, 0.25) is 0 Å². The minimum absolute atomic E-state index is 0.0790. The number of benzene rings is 2. The van der Waals surface area contributed by atoms with Gasteiger partial charge in [0, 0.05) is 36.5 Å². The molecule has 0 radical (unpaired) electrons. The van der Waals surface area contributed by atoms with E-state index in [1.54, 1.807) is 17.0 Å². The summed E-state index contributed by atoms with van der Waals surface area (Å²) >= 11 is 0. The van der Waals surface area contributed by atoms with Gasteiger partial charge < -0.3 is 19.5 Å². The number of anilines is 1. The van der Waals surface area contributed by atoms with Gasteiger partial charge in [-0.15, -0.1) is 0 Å². The van der Waals surface area contributed by atoms with E-state index in [0.29, 0.717) is 22.6 Å². The number of hydrogen-bond donors (Lipinski definition) is 1. The summed E-state index contributed by atoms with van der Waals surface area (Å²) in [6.45, 7) is 0.307. The van der Waals surface area contributed by atoms with E-state index in [1.165, 1.54) is 26.4 Å². The first-order chi connectivity index (χ1) is 13.2. The van der Waals surface area contributed by atoms with Gasteiger partial charge in [-0.25, -0.2) is 8.42 Å². The standard InChI is InChI=1S/C18H20N2O7S/c1-26-16-6-7-17(27-2)18-12(16)9-19(10-15(18)21)13-5-4-11(28(3,24)25)8-14(13)20(22)23/h4-8,15,21H,9-10H2,1-3H3. The number of ether oxygens (including phenoxy) is 2. The lowest BCUT2D eigenvalue weighted by atomic mass is 9.94. The Morgan fingerprint density at radius 3 is 2.39 bits per heavy atom. The average Bonchev–Trinajstić information content (AvgIpc) is 2.65. The van der Waals surface area contributed by atoms with Gasteiger partial charge in [-0.3, -0.25) is 10.1 Å². The van der Waals surface area contributed by atoms with Gasteiger partial charge in [0.05, 0.1) is 24.0 Å². The number of sulfone groups is 1. The zero-order valence-electron chi connectivity index (χ0n) is 15.6. The van der Waals surface area contributed by atoms with E-state index in [1.807, 2.05) is 0 Å². The Morgan fingerprint density at radius 2 is 1.82 bits per heavy atom. The van der Waals surface area contributed by atoms with Crippen LogP contribution in [0.1, 0.15) is 17.2 Å². The molecule has 1 N–H and O–H groups in total. The van der Waals surface area contributed by atoms with Crippen molar-refractivity contribution >= 4 is 21.2 Å². The summed E-state index contributed by atoms with van der Waals surface area (Å²) in [5.74, 6) is 1.03. The second-order valence-electron chi connectivity index (χ2n) is 6.44. The fraction of sp³-hybridized carbons (Fsp3) is 0.333. The molecule has 28 heavy (non-hydrogen) atoms. The van der Waals surface area contributed by atoms with Crippen LogP contribution in [0.15, 0.2) is 35.2 Å². The Hall–Kier alpha value is -2.85. The Kier molecular flexibility index (Phi) is 5.18. The molecule has 0 aliphatic carbocycles. The molecule has 9 nitrogen and oxygen atoms in total. The van der Waals surface area contributed by atoms with Crippen molar-refractivity contribution < 1.29 is 27.9 Å². The molecule has 0 spiro atoms. The number of rotatable bonds is 5. The SMILES string of the molecule is COc1ccc(OC)c2c1CN(c1ccc(S(C)(=O)=O)cc1[N+](=O)[O-])CC2O. The number of β-amino-alcohol motifs (C(OH)–C–C–N with tert-alkyl or cyclic N) is 1. The van der Waals surface area contributed by atoms with E-state index in [4.69, 9.17) is 9.47 Å². The third-order valence-corrected chi connectivity index (χ3v) is 5.81. The second kappa shape index (κ2) is 7.28. The van der Waals surface area contributed by atoms with Crippen molar-refractivity contribution in [1.82, 2.24) is 0 Å². The Labute approximate surface area is 162 Å². The van der Waals surface area contributed by atoms with E-state index in [-0.39, 0.29) is 29.4 Å². The van der Waals surface area contributed by atoms with Crippen molar-refractivity contribution in [1.29, 1.82) is 0 Å². The number of nitro groups is 1. The first-order valence-electron chi connectivity index (χ1n) is 8.32. The zero-order valence-corrected chi connectivity index (χ0v) is 16.4. The van der Waals surface area contributed by atoms with Crippen LogP contribution in [0.25, 0.3) is 0 Å². The summed E-state index contributed by atoms with van der Waals surface area (Å²) in [7, 11) is -0.602. The van der Waals surface area contributed by atoms with Gasteiger partial charge in [0.25, 0.3) is 5.69 Å². The molecule has 0 saturated carbocycles. The van der Waals surface area contributed by atoms with Gasteiger partial charge in [-0.2, -0.15) is 0 Å². The maximum Gasteiger partial charge on any atom is 0.293 e. The molecule has 0 aromatic heterocycles. The van der Waals surface area contributed by atoms with Crippen LogP contribution in [0.3, 0.4) is 0 Å². The van der Waals surface area contributed by atoms with E-state index >= 15 is 0 Å². The molecule has 0 saturated heterocycles. The molecule has 150 valence electrons. The van der Waals surface area contributed by atoms with Crippen LogP contribution < -0.4 is 14.4 Å². The molecule has 1 atom stereocenters. The van der Waals surface area contributed by atoms with Crippen LogP contribution in [0, 0.1) is 10.1 Å². The molecule has 2 aromatic carbocycles. The minimum atomic E-state index is -3.59. The molecule has 1 unspecified atom stereocenters. The highest BCUT2D eigenvalue weighted by Gasteiger charge is 2.33. The summed E-state index contributed by atoms with van der Waals surface area (Å²) in [6, 6.07) is 7.14. The molecular weight excluding hydrogens is 388 g/mol. The van der Waals surface area contributed by atoms with Crippen molar-refractivity contribution in [3.8, 4) is 11.5 Å². The number of aliphatic hydroxyl groups is 1. The molecule has 1 aliphatic rings. The zero-order chi connectivity index (χ0) is 20.6. The van der Waals surface area contributed by atoms with E-state index < -0.39 is 20.9 Å². The third-order valence-electron chi connectivity index (χ3n) is 4.70. The number of methoxy groups -OCH3 is 2. The van der Waals surface area contributed by atoms with Crippen LogP contribution >= 0.6 is 0 Å². The third kappa shape index (κ3) is 3.48. The molecule has 3 rings (SSSR count). The Bertz CT molecular complexity index is 1040. The largest absolute Gasteiger partial charge is 0.496 e. The Morgan fingerprint density at radius 1 is 1.18 bits per heavy atom. The normalized spacial score (nSPS) is 16.4. The predicted molar refractivity (Wildman–Crippen MR) is 102 cm³/mol. The molecule has 0 amide bonds. The first-order valence-corrected chi connectivity index (χ1v) is 10.2. The maximum atomic E-state index is 11.8. The topological polar surface area (TPSA) is 119 Å². The van der Waals surface area contributed by atoms with Gasteiger partial charge in [0.15, 0.2) is 9.84 Å². The van der Waals surface area contributed by atoms with Gasteiger partial charge in [-0.05, 0) is 24.3 Å². The summed E-state index contributed by atoms with van der Waals surface area (Å²) in [4.78, 5) is 12.4. The van der Waals surface area contributed by atoms with Crippen molar-refractivity contribution in [3.05, 3.63) is 51.6 Å². The van der Waals surface area contributed by atoms with Crippen molar-refractivity contribution in [2.45, 2.75) is 17.5 Å². The van der Waals surface area contributed by atoms with Crippen LogP contribution in [-0.2, 0) is 16.4 Å². The van der Waals surface area contributed by atoms with Crippen LogP contribution in [0.5, 0.6) is 11.5 Å². The summed E-state index contributed by atoms with van der Waals surface area (Å²) in [5, 5.41) is 22.3. The number of nitro benzene ring substituents is 1. The van der Waals surface area contributed by atoms with Gasteiger partial charge in [-0.1, -0.05) is 0 Å². The monoisotopic (exact) mass is 408 g/mol. The highest BCUT2D eigenvalue weighted by molar-refractivity contribution is 7.90. The first kappa shape index (κ1) is 19.9. The highest BCUT2D eigenvalue weighted by atomic mass is 32.2. The second-order valence-corrected chi connectivity index (χ2v) is 8.45. The lowest BCUT2D eigenvalue weighted by Crippen LogP contribution is -2.34. The summed E-state index contributed by atoms with van der Waals surface area (Å²) in [5.41, 5.74) is 1.10. The van der Waals surface area contributed by atoms with E-state index in [2.05, 4.69) is 0 Å². The van der Waals surface area contributed by atoms with Gasteiger partial charge in [0.1, 0.15) is 23.3 Å². The molecule has 0 bridgehead atoms. The van der Waals surface area contributed by atoms with Crippen molar-refractivity contribution in [3.63, 3.8) is 0 Å². The van der Waals surface area contributed by atoms with Gasteiger partial charge >= 0.3 is 0 Å². The van der Waals surface area contributed by atoms with Crippen LogP contribution in [-0.4, -0.2) is 45.5 Å². The smallest absolute Gasteiger partial charge is 0.293 e. The molecule has 0 fully saturated rings. The predicted octanol–water partition coefficient (Wildman–Crippen LogP) is 2.07. The van der Waals surface area contributed by atoms with Crippen LogP contribution in [0.2, 0.25) is 0 Å². The number of hydrogen-bond acceptors (Lipinski definition) is 8. The molecule has 10 heteroatoms. The number of nitrogens with zero attached hydrogens (tertiary/aromatic N) is 2. The number of fused-ring (bicyclic) bond motifs is 1. The number of aliphatic hydroxyl groups excluding tert-OH is 1. The average molecular weight is 408 g/mol. The summed E-state index contributed by atoms with van der Waals surface area (Å²) in [6.07, 6.45) is 0.0204. The lowest BCUT2D eigenvalue weighted by Gasteiger charge is -2.35. The Balaban J connectivity index is 2.12. The fourth-order valence-electron chi connectivity index (χ4n) is 3.41. The van der Waals surface area contributed by atoms with E-state index in [9.17, 15) is 23.6 Å². The van der Waals surface area contributed by atoms with Crippen molar-refractivity contribution in [2.75, 3.05) is 31.9 Å². The highest BCUT2D eigenvalue weighted by Crippen LogP contribution is 2.42. The van der Waals surface area contributed by atoms with Crippen molar-refractivity contribution in [2.24, 2.45) is 0 Å². The molecule has 1 heterocycles. The molecular formula is C18H20N2O7S. The fourth-order valence-corrected chi connectivity index (χ4v) is 4.05. The lowest BCUT2D eigenvalue weighted by molar-refractivity contribution is -0.384. The maximum absolute atomic E-state index is 11.8. The summed E-state index contributed by atoms with van der Waals surface area (Å²) < 4.78 is 34.2. The molecule has 1 aliphatic heterocycles. The quantitative estimate of drug-likeness (QED) is 0.590. The minimum Gasteiger partial charge on any atom is -0.496 e.